The van der Waals surface area contributed by atoms with Crippen LogP contribution in [0, 0.1) is 26.2 Å². The van der Waals surface area contributed by atoms with E-state index in [-0.39, 0.29) is 16.2 Å². The minimum atomic E-state index is -2.68. The fourth-order valence-electron chi connectivity index (χ4n) is 6.38. The van der Waals surface area contributed by atoms with Crippen LogP contribution in [0.25, 0.3) is 0 Å². The predicted octanol–water partition coefficient (Wildman–Crippen LogP) is 7.96. The van der Waals surface area contributed by atoms with Crippen molar-refractivity contribution in [3.05, 3.63) is 100 Å². The highest BCUT2D eigenvalue weighted by Gasteiger charge is 2.53. The normalized spacial score (nSPS) is 15.5. The number of amides is 3. The van der Waals surface area contributed by atoms with Crippen molar-refractivity contribution in [3.8, 4) is 0 Å². The Kier molecular flexibility index (Phi) is 10.3. The van der Waals surface area contributed by atoms with Gasteiger partial charge in [-0.25, -0.2) is 4.79 Å². The van der Waals surface area contributed by atoms with Crippen molar-refractivity contribution in [1.29, 1.82) is 0 Å². The SMILES string of the molecule is COC(=O)[C@H](O[Si](C)(C)C(C)(C)C)[C@H](c1c(C)cc(C)cc1C)N(C(=O)[C@@H](N1C(=O)c2ccccc2C1=O)C(C)(C)C)c1ccccc1. The van der Waals surface area contributed by atoms with Crippen LogP contribution in [0.3, 0.4) is 0 Å². The highest BCUT2D eigenvalue weighted by molar-refractivity contribution is 6.74. The minimum Gasteiger partial charge on any atom is -0.467 e. The van der Waals surface area contributed by atoms with Crippen LogP contribution < -0.4 is 4.90 Å². The van der Waals surface area contributed by atoms with Gasteiger partial charge in [-0.15, -0.1) is 0 Å². The van der Waals surface area contributed by atoms with E-state index in [1.807, 2.05) is 71.9 Å². The van der Waals surface area contributed by atoms with Crippen LogP contribution in [-0.4, -0.2) is 56.2 Å². The zero-order valence-electron chi connectivity index (χ0n) is 30.4. The number of esters is 1. The number of aryl methyl sites for hydroxylation is 3. The van der Waals surface area contributed by atoms with Gasteiger partial charge in [-0.05, 0) is 85.3 Å². The van der Waals surface area contributed by atoms with Gasteiger partial charge in [0.15, 0.2) is 14.4 Å². The lowest BCUT2D eigenvalue weighted by Crippen LogP contribution is -2.60. The number of ether oxygens (including phenoxy) is 1. The fraction of sp³-hybridized carbons (Fsp3) is 0.436. The van der Waals surface area contributed by atoms with Gasteiger partial charge in [0.25, 0.3) is 17.7 Å². The topological polar surface area (TPSA) is 93.2 Å². The molecule has 1 heterocycles. The first-order valence-corrected chi connectivity index (χ1v) is 19.3. The number of benzene rings is 3. The van der Waals surface area contributed by atoms with Gasteiger partial charge < -0.3 is 9.16 Å². The van der Waals surface area contributed by atoms with Crippen LogP contribution in [0.15, 0.2) is 66.7 Å². The maximum absolute atomic E-state index is 15.6. The van der Waals surface area contributed by atoms with E-state index in [4.69, 9.17) is 9.16 Å². The summed E-state index contributed by atoms with van der Waals surface area (Å²) in [4.78, 5) is 60.3. The molecule has 0 bridgehead atoms. The molecule has 0 radical (unpaired) electrons. The lowest BCUT2D eigenvalue weighted by molar-refractivity contribution is -0.151. The Morgan fingerprint density at radius 1 is 0.792 bits per heavy atom. The van der Waals surface area contributed by atoms with E-state index in [1.165, 1.54) is 7.11 Å². The highest BCUT2D eigenvalue weighted by atomic mass is 28.4. The van der Waals surface area contributed by atoms with Gasteiger partial charge in [-0.3, -0.25) is 24.2 Å². The van der Waals surface area contributed by atoms with E-state index in [9.17, 15) is 14.4 Å². The molecule has 0 aromatic heterocycles. The van der Waals surface area contributed by atoms with Crippen LogP contribution in [0.2, 0.25) is 18.1 Å². The molecule has 48 heavy (non-hydrogen) atoms. The van der Waals surface area contributed by atoms with Crippen molar-refractivity contribution in [2.45, 2.75) is 98.6 Å². The summed E-state index contributed by atoms with van der Waals surface area (Å²) in [6, 6.07) is 17.5. The molecule has 0 N–H and O–H groups in total. The molecule has 0 aliphatic carbocycles. The van der Waals surface area contributed by atoms with Crippen LogP contribution in [0.5, 0.6) is 0 Å². The summed E-state index contributed by atoms with van der Waals surface area (Å²) in [5.41, 5.74) is 3.60. The van der Waals surface area contributed by atoms with Gasteiger partial charge in [0, 0.05) is 5.69 Å². The van der Waals surface area contributed by atoms with Crippen molar-refractivity contribution in [1.82, 2.24) is 4.90 Å². The number of rotatable bonds is 9. The molecule has 4 rings (SSSR count). The zero-order valence-corrected chi connectivity index (χ0v) is 31.4. The second-order valence-corrected chi connectivity index (χ2v) is 20.2. The molecule has 3 atom stereocenters. The molecule has 3 amide bonds. The molecule has 8 nitrogen and oxygen atoms in total. The number of imide groups is 1. The summed E-state index contributed by atoms with van der Waals surface area (Å²) < 4.78 is 12.4. The van der Waals surface area contributed by atoms with Gasteiger partial charge >= 0.3 is 5.97 Å². The fourth-order valence-corrected chi connectivity index (χ4v) is 7.59. The third-order valence-electron chi connectivity index (χ3n) is 9.67. The molecule has 1 aliphatic heterocycles. The molecule has 0 saturated carbocycles. The molecule has 0 spiro atoms. The average molecular weight is 671 g/mol. The first-order chi connectivity index (χ1) is 22.2. The molecule has 256 valence electrons. The van der Waals surface area contributed by atoms with Crippen LogP contribution in [0.4, 0.5) is 5.69 Å². The van der Waals surface area contributed by atoms with Gasteiger partial charge in [-0.2, -0.15) is 0 Å². The first kappa shape index (κ1) is 36.7. The largest absolute Gasteiger partial charge is 0.467 e. The Morgan fingerprint density at radius 3 is 1.71 bits per heavy atom. The number of methoxy groups -OCH3 is 1. The van der Waals surface area contributed by atoms with E-state index in [2.05, 4.69) is 33.9 Å². The Morgan fingerprint density at radius 2 is 1.27 bits per heavy atom. The monoisotopic (exact) mass is 670 g/mol. The lowest BCUT2D eigenvalue weighted by atomic mass is 9.83. The second-order valence-electron chi connectivity index (χ2n) is 15.4. The van der Waals surface area contributed by atoms with Gasteiger partial charge in [-0.1, -0.05) is 89.6 Å². The number of carbonyl (C=O) groups excluding carboxylic acids is 4. The Bertz CT molecular complexity index is 1660. The van der Waals surface area contributed by atoms with Gasteiger partial charge in [0.1, 0.15) is 6.04 Å². The number of anilines is 1. The number of fused-ring (bicyclic) bond motifs is 1. The van der Waals surface area contributed by atoms with Gasteiger partial charge in [0.05, 0.1) is 24.3 Å². The third-order valence-corrected chi connectivity index (χ3v) is 14.1. The van der Waals surface area contributed by atoms with E-state index in [0.717, 1.165) is 27.2 Å². The van der Waals surface area contributed by atoms with E-state index in [0.29, 0.717) is 5.69 Å². The van der Waals surface area contributed by atoms with Crippen molar-refractivity contribution in [2.24, 2.45) is 5.41 Å². The van der Waals surface area contributed by atoms with Crippen LogP contribution >= 0.6 is 0 Å². The van der Waals surface area contributed by atoms with Crippen LogP contribution in [0.1, 0.15) is 90.6 Å². The molecule has 0 fully saturated rings. The molecule has 0 unspecified atom stereocenters. The number of hydrogen-bond acceptors (Lipinski definition) is 6. The van der Waals surface area contributed by atoms with Gasteiger partial charge in [0.2, 0.25) is 0 Å². The molecule has 9 heteroatoms. The van der Waals surface area contributed by atoms with Crippen LogP contribution in [-0.2, 0) is 18.8 Å². The molecule has 0 saturated heterocycles. The molecule has 3 aromatic rings. The third kappa shape index (κ3) is 6.89. The zero-order chi connectivity index (χ0) is 35.9. The van der Waals surface area contributed by atoms with E-state index in [1.54, 1.807) is 41.3 Å². The Balaban J connectivity index is 2.07. The summed E-state index contributed by atoms with van der Waals surface area (Å²) in [5.74, 6) is -2.19. The predicted molar refractivity (Wildman–Crippen MR) is 192 cm³/mol. The average Bonchev–Trinajstić information content (AvgIpc) is 3.23. The molecule has 1 aliphatic rings. The Labute approximate surface area is 286 Å². The number of hydrogen-bond donors (Lipinski definition) is 0. The lowest BCUT2D eigenvalue weighted by Gasteiger charge is -2.46. The van der Waals surface area contributed by atoms with E-state index >= 15 is 4.79 Å². The minimum absolute atomic E-state index is 0.256. The highest BCUT2D eigenvalue weighted by Crippen LogP contribution is 2.44. The number of nitrogens with zero attached hydrogens (tertiary/aromatic N) is 2. The van der Waals surface area contributed by atoms with Crippen molar-refractivity contribution in [3.63, 3.8) is 0 Å². The Hall–Kier alpha value is -4.08. The standard InChI is InChI=1S/C39H50N2O6Si/c1-24-22-25(2)30(26(3)23-24)31(32(37(45)46-10)47-48(11,12)39(7,8)9)40(27-18-14-13-15-19-27)36(44)33(38(4,5)6)41-34(42)28-20-16-17-21-29(28)35(41)43/h13-23,31-33H,1-12H3/t31-,32+,33+/m0/s1. The van der Waals surface area contributed by atoms with Crippen molar-refractivity contribution >= 4 is 37.7 Å². The molecule has 3 aromatic carbocycles. The summed E-state index contributed by atoms with van der Waals surface area (Å²) >= 11 is 0. The summed E-state index contributed by atoms with van der Waals surface area (Å²) in [6.45, 7) is 21.8. The maximum atomic E-state index is 15.6. The quantitative estimate of drug-likeness (QED) is 0.130. The first-order valence-electron chi connectivity index (χ1n) is 16.4. The summed E-state index contributed by atoms with van der Waals surface area (Å²) in [5, 5.41) is -0.281. The number of carbonyl (C=O) groups is 4. The number of para-hydroxylation sites is 1. The smallest absolute Gasteiger partial charge is 0.336 e. The van der Waals surface area contributed by atoms with Crippen molar-refractivity contribution in [2.75, 3.05) is 12.0 Å². The molecular weight excluding hydrogens is 621 g/mol. The van der Waals surface area contributed by atoms with Crippen molar-refractivity contribution < 1.29 is 28.3 Å². The summed E-state index contributed by atoms with van der Waals surface area (Å²) in [7, 11) is -1.36. The maximum Gasteiger partial charge on any atom is 0.336 e. The summed E-state index contributed by atoms with van der Waals surface area (Å²) in [6.07, 6.45) is -1.23. The molecular formula is C39H50N2O6Si. The second kappa shape index (κ2) is 13.4. The van der Waals surface area contributed by atoms with E-state index < -0.39 is 55.6 Å².